The van der Waals surface area contributed by atoms with Crippen LogP contribution in [0.2, 0.25) is 0 Å². The molecule has 0 spiro atoms. The summed E-state index contributed by atoms with van der Waals surface area (Å²) in [7, 11) is 2.25. The van der Waals surface area contributed by atoms with Crippen LogP contribution in [0, 0.1) is 5.92 Å². The Morgan fingerprint density at radius 3 is 3.00 bits per heavy atom. The van der Waals surface area contributed by atoms with Crippen LogP contribution in [0.4, 0.5) is 0 Å². The molecule has 4 rings (SSSR count). The second-order valence-corrected chi connectivity index (χ2v) is 6.49. The molecule has 1 aliphatic heterocycles. The van der Waals surface area contributed by atoms with Gasteiger partial charge in [-0.2, -0.15) is 0 Å². The molecule has 0 N–H and O–H groups in total. The van der Waals surface area contributed by atoms with Gasteiger partial charge >= 0.3 is 0 Å². The summed E-state index contributed by atoms with van der Waals surface area (Å²) < 4.78 is 1.45. The van der Waals surface area contributed by atoms with E-state index in [9.17, 15) is 0 Å². The Hall–Kier alpha value is -0.860. The van der Waals surface area contributed by atoms with Crippen molar-refractivity contribution in [3.05, 3.63) is 35.2 Å². The van der Waals surface area contributed by atoms with Gasteiger partial charge < -0.3 is 4.90 Å². The van der Waals surface area contributed by atoms with Gasteiger partial charge in [0.1, 0.15) is 0 Å². The monoisotopic (exact) mass is 229 g/mol. The Morgan fingerprint density at radius 1 is 1.38 bits per heavy atom. The molecule has 0 bridgehead atoms. The third kappa shape index (κ3) is 1.09. The number of nitrogens with zero attached hydrogens (tertiary/aromatic N) is 1. The Balaban J connectivity index is 1.83. The van der Waals surface area contributed by atoms with Gasteiger partial charge in [0, 0.05) is 28.1 Å². The Bertz CT molecular complexity index is 526. The molecule has 2 fully saturated rings. The lowest BCUT2D eigenvalue weighted by Gasteiger charge is -2.14. The molecule has 1 aromatic carbocycles. The van der Waals surface area contributed by atoms with Gasteiger partial charge in [-0.1, -0.05) is 18.2 Å². The number of hydrogen-bond acceptors (Lipinski definition) is 2. The van der Waals surface area contributed by atoms with Crippen LogP contribution < -0.4 is 0 Å². The Morgan fingerprint density at radius 2 is 2.25 bits per heavy atom. The summed E-state index contributed by atoms with van der Waals surface area (Å²) in [6.07, 6.45) is 1.42. The number of benzene rings is 1. The van der Waals surface area contributed by atoms with E-state index in [1.807, 2.05) is 11.3 Å². The predicted octanol–water partition coefficient (Wildman–Crippen LogP) is 3.10. The number of likely N-dealkylation sites (tertiary alicyclic amines) is 1. The molecule has 0 radical (unpaired) electrons. The fraction of sp³-hybridized carbons (Fsp3) is 0.429. The highest BCUT2D eigenvalue weighted by atomic mass is 32.1. The van der Waals surface area contributed by atoms with Gasteiger partial charge in [-0.3, -0.25) is 0 Å². The van der Waals surface area contributed by atoms with E-state index >= 15 is 0 Å². The number of likely N-dealkylation sites (N-methyl/N-ethyl adjacent to an activating group) is 1. The van der Waals surface area contributed by atoms with Gasteiger partial charge in [-0.05, 0) is 36.9 Å². The summed E-state index contributed by atoms with van der Waals surface area (Å²) in [6.45, 7) is 2.57. The maximum absolute atomic E-state index is 2.48. The highest BCUT2D eigenvalue weighted by molar-refractivity contribution is 7.19. The van der Waals surface area contributed by atoms with Crippen LogP contribution in [0.3, 0.4) is 0 Å². The Labute approximate surface area is 99.7 Å². The van der Waals surface area contributed by atoms with E-state index in [1.54, 1.807) is 4.88 Å². The van der Waals surface area contributed by atoms with Crippen molar-refractivity contribution in [2.45, 2.75) is 11.8 Å². The standard InChI is InChI=1S/C14H15NS/c1-15-8-11-7-14(11,9-15)13-6-10-4-2-3-5-12(10)16-13/h2-6,11H,7-9H2,1H3/t11?,14-/m1/s1. The molecule has 2 aliphatic rings. The summed E-state index contributed by atoms with van der Waals surface area (Å²) in [5.41, 5.74) is 0.540. The van der Waals surface area contributed by atoms with Gasteiger partial charge in [0.05, 0.1) is 0 Å². The van der Waals surface area contributed by atoms with E-state index in [4.69, 9.17) is 0 Å². The summed E-state index contributed by atoms with van der Waals surface area (Å²) in [5, 5.41) is 1.43. The first-order valence-electron chi connectivity index (χ1n) is 5.95. The van der Waals surface area contributed by atoms with Gasteiger partial charge in [-0.25, -0.2) is 0 Å². The zero-order chi connectivity index (χ0) is 10.8. The van der Waals surface area contributed by atoms with Crippen molar-refractivity contribution in [3.8, 4) is 0 Å². The number of rotatable bonds is 1. The van der Waals surface area contributed by atoms with Crippen LogP contribution in [0.1, 0.15) is 11.3 Å². The highest BCUT2D eigenvalue weighted by Crippen LogP contribution is 2.60. The molecule has 2 atom stereocenters. The van der Waals surface area contributed by atoms with E-state index in [0.717, 1.165) is 5.92 Å². The van der Waals surface area contributed by atoms with Gasteiger partial charge in [0.2, 0.25) is 0 Å². The van der Waals surface area contributed by atoms with E-state index < -0.39 is 0 Å². The van der Waals surface area contributed by atoms with Crippen molar-refractivity contribution >= 4 is 21.4 Å². The second kappa shape index (κ2) is 2.88. The lowest BCUT2D eigenvalue weighted by Crippen LogP contribution is -2.21. The summed E-state index contributed by atoms with van der Waals surface area (Å²) in [5.74, 6) is 0.936. The van der Waals surface area contributed by atoms with Crippen LogP contribution >= 0.6 is 11.3 Å². The van der Waals surface area contributed by atoms with Gasteiger partial charge in [-0.15, -0.1) is 11.3 Å². The molecule has 16 heavy (non-hydrogen) atoms. The van der Waals surface area contributed by atoms with Gasteiger partial charge in [0.15, 0.2) is 0 Å². The molecule has 0 amide bonds. The molecule has 1 saturated carbocycles. The highest BCUT2D eigenvalue weighted by Gasteiger charge is 2.60. The van der Waals surface area contributed by atoms with E-state index in [0.29, 0.717) is 5.41 Å². The molecular formula is C14H15NS. The molecule has 1 saturated heterocycles. The summed E-state index contributed by atoms with van der Waals surface area (Å²) in [6, 6.07) is 11.2. The third-order valence-electron chi connectivity index (χ3n) is 4.23. The fourth-order valence-electron chi connectivity index (χ4n) is 3.34. The topological polar surface area (TPSA) is 3.24 Å². The van der Waals surface area contributed by atoms with Crippen molar-refractivity contribution in [1.29, 1.82) is 0 Å². The summed E-state index contributed by atoms with van der Waals surface area (Å²) in [4.78, 5) is 4.11. The minimum Gasteiger partial charge on any atom is -0.305 e. The predicted molar refractivity (Wildman–Crippen MR) is 69.1 cm³/mol. The third-order valence-corrected chi connectivity index (χ3v) is 5.57. The number of piperidine rings is 1. The normalized spacial score (nSPS) is 33.2. The molecule has 2 aromatic rings. The summed E-state index contributed by atoms with van der Waals surface area (Å²) >= 11 is 2.01. The lowest BCUT2D eigenvalue weighted by atomic mass is 10.0. The SMILES string of the molecule is CN1CC2C[C@@]2(c2cc3ccccc3s2)C1. The first kappa shape index (κ1) is 9.20. The number of hydrogen-bond donors (Lipinski definition) is 0. The number of fused-ring (bicyclic) bond motifs is 2. The van der Waals surface area contributed by atoms with Crippen LogP contribution in [0.5, 0.6) is 0 Å². The van der Waals surface area contributed by atoms with Crippen LogP contribution in [-0.4, -0.2) is 25.0 Å². The average molecular weight is 229 g/mol. The van der Waals surface area contributed by atoms with Gasteiger partial charge in [0.25, 0.3) is 0 Å². The average Bonchev–Trinajstić information content (AvgIpc) is 2.71. The van der Waals surface area contributed by atoms with Crippen molar-refractivity contribution in [1.82, 2.24) is 4.90 Å². The first-order valence-corrected chi connectivity index (χ1v) is 6.77. The molecule has 1 aromatic heterocycles. The van der Waals surface area contributed by atoms with E-state index in [1.165, 1.54) is 29.6 Å². The lowest BCUT2D eigenvalue weighted by molar-refractivity contribution is 0.364. The quantitative estimate of drug-likeness (QED) is 0.726. The van der Waals surface area contributed by atoms with Crippen molar-refractivity contribution < 1.29 is 0 Å². The zero-order valence-corrected chi connectivity index (χ0v) is 10.3. The number of thiophene rings is 1. The van der Waals surface area contributed by atoms with Crippen molar-refractivity contribution in [2.75, 3.05) is 20.1 Å². The molecule has 1 nitrogen and oxygen atoms in total. The van der Waals surface area contributed by atoms with E-state index in [-0.39, 0.29) is 0 Å². The molecular weight excluding hydrogens is 214 g/mol. The molecule has 2 heterocycles. The Kier molecular flexibility index (Phi) is 1.65. The zero-order valence-electron chi connectivity index (χ0n) is 9.44. The maximum atomic E-state index is 2.48. The van der Waals surface area contributed by atoms with E-state index in [2.05, 4.69) is 42.3 Å². The van der Waals surface area contributed by atoms with Crippen molar-refractivity contribution in [2.24, 2.45) is 5.92 Å². The minimum atomic E-state index is 0.540. The second-order valence-electron chi connectivity index (χ2n) is 5.40. The first-order chi connectivity index (χ1) is 7.78. The largest absolute Gasteiger partial charge is 0.305 e. The van der Waals surface area contributed by atoms with Crippen LogP contribution in [-0.2, 0) is 5.41 Å². The van der Waals surface area contributed by atoms with Crippen molar-refractivity contribution in [3.63, 3.8) is 0 Å². The van der Waals surface area contributed by atoms with Crippen LogP contribution in [0.25, 0.3) is 10.1 Å². The fourth-order valence-corrected chi connectivity index (χ4v) is 4.68. The molecule has 1 aliphatic carbocycles. The maximum Gasteiger partial charge on any atom is 0.0345 e. The van der Waals surface area contributed by atoms with Crippen LogP contribution in [0.15, 0.2) is 30.3 Å². The minimum absolute atomic E-state index is 0.540. The molecule has 82 valence electrons. The molecule has 1 unspecified atom stereocenters. The smallest absolute Gasteiger partial charge is 0.0345 e. The molecule has 2 heteroatoms.